The number of aliphatic hydroxyl groups excluding tert-OH is 1. The van der Waals surface area contributed by atoms with E-state index in [9.17, 15) is 5.11 Å². The Morgan fingerprint density at radius 3 is 2.79 bits per heavy atom. The van der Waals surface area contributed by atoms with E-state index in [0.29, 0.717) is 11.6 Å². The average Bonchev–Trinajstić information content (AvgIpc) is 2.89. The van der Waals surface area contributed by atoms with Crippen molar-refractivity contribution in [1.29, 1.82) is 0 Å². The highest BCUT2D eigenvalue weighted by molar-refractivity contribution is 5.11. The molecule has 14 heavy (non-hydrogen) atoms. The molecule has 5 heteroatoms. The van der Waals surface area contributed by atoms with E-state index in [2.05, 4.69) is 10.3 Å². The number of hydrogen-bond acceptors (Lipinski definition) is 4. The van der Waals surface area contributed by atoms with Gasteiger partial charge in [0.1, 0.15) is 6.10 Å². The Morgan fingerprint density at radius 2 is 2.36 bits per heavy atom. The molecule has 5 nitrogen and oxygen atoms in total. The first-order valence-electron chi connectivity index (χ1n) is 4.85. The fourth-order valence-electron chi connectivity index (χ4n) is 1.79. The fourth-order valence-corrected chi connectivity index (χ4v) is 1.79. The molecule has 78 valence electrons. The van der Waals surface area contributed by atoms with Gasteiger partial charge in [-0.15, -0.1) is 5.10 Å². The minimum absolute atomic E-state index is 0.424. The molecule has 2 atom stereocenters. The van der Waals surface area contributed by atoms with Crippen molar-refractivity contribution in [2.75, 3.05) is 0 Å². The molecular weight excluding hydrogens is 180 g/mol. The van der Waals surface area contributed by atoms with Gasteiger partial charge in [0.2, 0.25) is 0 Å². The standard InChI is InChI=1S/C9H16N4O/c1-9(10,6-3-4-6)8(14)7-5-11-12-13(7)2/h5-6,8,14H,3-4,10H2,1-2H3. The van der Waals surface area contributed by atoms with Gasteiger partial charge in [-0.25, -0.2) is 4.68 Å². The number of aliphatic hydroxyl groups is 1. The topological polar surface area (TPSA) is 77.0 Å². The summed E-state index contributed by atoms with van der Waals surface area (Å²) in [7, 11) is 1.76. The second-order valence-electron chi connectivity index (χ2n) is 4.33. The lowest BCUT2D eigenvalue weighted by molar-refractivity contribution is 0.0735. The molecule has 1 saturated carbocycles. The first kappa shape index (κ1) is 9.61. The largest absolute Gasteiger partial charge is 0.385 e. The summed E-state index contributed by atoms with van der Waals surface area (Å²) in [5.41, 5.74) is 6.23. The molecule has 0 radical (unpaired) electrons. The molecule has 1 aliphatic rings. The number of nitrogens with two attached hydrogens (primary N) is 1. The van der Waals surface area contributed by atoms with E-state index >= 15 is 0 Å². The van der Waals surface area contributed by atoms with Crippen molar-refractivity contribution in [2.24, 2.45) is 18.7 Å². The van der Waals surface area contributed by atoms with Crippen molar-refractivity contribution in [3.63, 3.8) is 0 Å². The second kappa shape index (κ2) is 3.03. The van der Waals surface area contributed by atoms with E-state index in [1.54, 1.807) is 17.9 Å². The highest BCUT2D eigenvalue weighted by Crippen LogP contribution is 2.43. The summed E-state index contributed by atoms with van der Waals surface area (Å²) < 4.78 is 1.57. The monoisotopic (exact) mass is 196 g/mol. The van der Waals surface area contributed by atoms with E-state index in [-0.39, 0.29) is 0 Å². The van der Waals surface area contributed by atoms with Gasteiger partial charge >= 0.3 is 0 Å². The van der Waals surface area contributed by atoms with E-state index in [4.69, 9.17) is 5.73 Å². The Morgan fingerprint density at radius 1 is 1.71 bits per heavy atom. The number of rotatable bonds is 3. The third-order valence-corrected chi connectivity index (χ3v) is 3.08. The molecule has 0 bridgehead atoms. The number of nitrogens with zero attached hydrogens (tertiary/aromatic N) is 3. The van der Waals surface area contributed by atoms with Crippen molar-refractivity contribution in [2.45, 2.75) is 31.4 Å². The van der Waals surface area contributed by atoms with E-state index in [1.807, 2.05) is 6.92 Å². The Bertz CT molecular complexity index is 329. The maximum atomic E-state index is 10.1. The van der Waals surface area contributed by atoms with Crippen molar-refractivity contribution >= 4 is 0 Å². The van der Waals surface area contributed by atoms with Gasteiger partial charge in [0.05, 0.1) is 11.9 Å². The summed E-state index contributed by atoms with van der Waals surface area (Å²) in [4.78, 5) is 0. The number of aryl methyl sites for hydroxylation is 1. The van der Waals surface area contributed by atoms with Crippen LogP contribution in [-0.2, 0) is 7.05 Å². The van der Waals surface area contributed by atoms with Gasteiger partial charge in [-0.2, -0.15) is 0 Å². The van der Waals surface area contributed by atoms with Crippen LogP contribution in [0.2, 0.25) is 0 Å². The normalized spacial score (nSPS) is 23.1. The Balaban J connectivity index is 2.22. The molecule has 3 N–H and O–H groups in total. The summed E-state index contributed by atoms with van der Waals surface area (Å²) in [6.07, 6.45) is 3.10. The molecular formula is C9H16N4O. The third-order valence-electron chi connectivity index (χ3n) is 3.08. The van der Waals surface area contributed by atoms with Gasteiger partial charge in [0.15, 0.2) is 0 Å². The molecule has 0 saturated heterocycles. The highest BCUT2D eigenvalue weighted by Gasteiger charge is 2.45. The van der Waals surface area contributed by atoms with Gasteiger partial charge in [-0.1, -0.05) is 5.21 Å². The summed E-state index contributed by atoms with van der Waals surface area (Å²) in [6.45, 7) is 1.89. The zero-order chi connectivity index (χ0) is 10.3. The van der Waals surface area contributed by atoms with Gasteiger partial charge in [-0.3, -0.25) is 0 Å². The van der Waals surface area contributed by atoms with Crippen LogP contribution < -0.4 is 5.73 Å². The van der Waals surface area contributed by atoms with Crippen LogP contribution in [0.1, 0.15) is 31.6 Å². The van der Waals surface area contributed by atoms with E-state index in [1.165, 1.54) is 0 Å². The van der Waals surface area contributed by atoms with Gasteiger partial charge in [0, 0.05) is 12.6 Å². The van der Waals surface area contributed by atoms with Crippen LogP contribution in [0.5, 0.6) is 0 Å². The van der Waals surface area contributed by atoms with Crippen molar-refractivity contribution in [1.82, 2.24) is 15.0 Å². The van der Waals surface area contributed by atoms with Crippen LogP contribution in [0.4, 0.5) is 0 Å². The lowest BCUT2D eigenvalue weighted by Gasteiger charge is -2.30. The van der Waals surface area contributed by atoms with Crippen molar-refractivity contribution < 1.29 is 5.11 Å². The van der Waals surface area contributed by atoms with Crippen molar-refractivity contribution in [3.8, 4) is 0 Å². The minimum Gasteiger partial charge on any atom is -0.385 e. The molecule has 2 unspecified atom stereocenters. The predicted octanol–water partition coefficient (Wildman–Crippen LogP) is -0.0241. The highest BCUT2D eigenvalue weighted by atomic mass is 16.3. The molecule has 0 aliphatic heterocycles. The molecule has 0 aromatic carbocycles. The van der Waals surface area contributed by atoms with Crippen LogP contribution in [0.15, 0.2) is 6.20 Å². The number of hydrogen-bond donors (Lipinski definition) is 2. The van der Waals surface area contributed by atoms with E-state index < -0.39 is 11.6 Å². The molecule has 1 heterocycles. The Labute approximate surface area is 82.9 Å². The van der Waals surface area contributed by atoms with Gasteiger partial charge in [-0.05, 0) is 25.7 Å². The van der Waals surface area contributed by atoms with Crippen LogP contribution in [0.25, 0.3) is 0 Å². The second-order valence-corrected chi connectivity index (χ2v) is 4.33. The maximum absolute atomic E-state index is 10.1. The summed E-state index contributed by atoms with van der Waals surface area (Å²) >= 11 is 0. The zero-order valence-electron chi connectivity index (χ0n) is 8.51. The molecule has 1 aliphatic carbocycles. The zero-order valence-corrected chi connectivity index (χ0v) is 8.51. The quantitative estimate of drug-likeness (QED) is 0.712. The first-order valence-corrected chi connectivity index (χ1v) is 4.85. The molecule has 1 aromatic heterocycles. The molecule has 0 amide bonds. The predicted molar refractivity (Wildman–Crippen MR) is 51.3 cm³/mol. The maximum Gasteiger partial charge on any atom is 0.115 e. The lowest BCUT2D eigenvalue weighted by atomic mass is 9.88. The summed E-state index contributed by atoms with van der Waals surface area (Å²) in [5.74, 6) is 0.424. The Hall–Kier alpha value is -0.940. The third kappa shape index (κ3) is 1.42. The summed E-state index contributed by atoms with van der Waals surface area (Å²) in [6, 6.07) is 0. The van der Waals surface area contributed by atoms with E-state index in [0.717, 1.165) is 12.8 Å². The van der Waals surface area contributed by atoms with Gasteiger partial charge < -0.3 is 10.8 Å². The van der Waals surface area contributed by atoms with Crippen LogP contribution in [0, 0.1) is 5.92 Å². The van der Waals surface area contributed by atoms with Crippen LogP contribution in [0.3, 0.4) is 0 Å². The van der Waals surface area contributed by atoms with Crippen LogP contribution >= 0.6 is 0 Å². The molecule has 2 rings (SSSR count). The first-order chi connectivity index (χ1) is 6.53. The summed E-state index contributed by atoms with van der Waals surface area (Å²) in [5, 5.41) is 17.6. The fraction of sp³-hybridized carbons (Fsp3) is 0.778. The molecule has 0 spiro atoms. The Kier molecular flexibility index (Phi) is 2.08. The van der Waals surface area contributed by atoms with Crippen molar-refractivity contribution in [3.05, 3.63) is 11.9 Å². The van der Waals surface area contributed by atoms with Gasteiger partial charge in [0.25, 0.3) is 0 Å². The number of aromatic nitrogens is 3. The molecule has 1 fully saturated rings. The van der Waals surface area contributed by atoms with Crippen LogP contribution in [-0.4, -0.2) is 25.6 Å². The SMILES string of the molecule is Cn1nncc1C(O)C(C)(N)C1CC1. The minimum atomic E-state index is -0.685. The average molecular weight is 196 g/mol. The lowest BCUT2D eigenvalue weighted by Crippen LogP contribution is -2.45. The molecule has 1 aromatic rings. The smallest absolute Gasteiger partial charge is 0.115 e.